The number of urea groups is 7. The predicted octanol–water partition coefficient (Wildman–Crippen LogP) is 14.6. The fourth-order valence-corrected chi connectivity index (χ4v) is 10.5. The maximum absolute atomic E-state index is 12.9. The van der Waals surface area contributed by atoms with Crippen molar-refractivity contribution in [2.45, 2.75) is 253 Å². The van der Waals surface area contributed by atoms with E-state index in [4.69, 9.17) is 12.2 Å². The van der Waals surface area contributed by atoms with Crippen LogP contribution in [0.4, 0.5) is 42.3 Å². The third kappa shape index (κ3) is 35.5. The number of halogens is 3. The number of carbonyl (C=O) groups excluding carboxylic acids is 8. The summed E-state index contributed by atoms with van der Waals surface area (Å²) in [5.41, 5.74) is 6.78. The number of carbonyl (C=O) groups is 8. The Morgan fingerprint density at radius 2 is 0.933 bits per heavy atom. The third-order valence-electron chi connectivity index (χ3n) is 16.3. The van der Waals surface area contributed by atoms with Crippen molar-refractivity contribution in [2.24, 2.45) is 15.3 Å². The summed E-state index contributed by atoms with van der Waals surface area (Å²) in [4.78, 5) is 127. The Kier molecular flexibility index (Phi) is 43.7. The zero-order valence-electron chi connectivity index (χ0n) is 73.7. The number of rotatable bonds is 12. The monoisotopic (exact) mass is 1740 g/mol. The second-order valence-electron chi connectivity index (χ2n) is 30.1. The molecule has 14 amide bonds. The zero-order chi connectivity index (χ0) is 91.8. The van der Waals surface area contributed by atoms with Gasteiger partial charge in [-0.3, -0.25) is 38.4 Å². The van der Waals surface area contributed by atoms with Crippen LogP contribution in [0.25, 0.3) is 0 Å². The first-order valence-corrected chi connectivity index (χ1v) is 39.5. The Labute approximate surface area is 713 Å². The van der Waals surface area contributed by atoms with Gasteiger partial charge in [-0.15, -0.1) is 0 Å². The molecule has 37 heteroatoms. The lowest BCUT2D eigenvalue weighted by molar-refractivity contribution is -0.117. The van der Waals surface area contributed by atoms with Crippen LogP contribution in [0.1, 0.15) is 196 Å². The highest BCUT2D eigenvalue weighted by Gasteiger charge is 2.28. The molecule has 1 unspecified atom stereocenters. The number of aryl methyl sites for hydroxylation is 2. The van der Waals surface area contributed by atoms with Crippen LogP contribution >= 0.6 is 28.1 Å². The van der Waals surface area contributed by atoms with E-state index in [1.165, 1.54) is 45.7 Å². The highest BCUT2D eigenvalue weighted by atomic mass is 79.9. The molecular weight excluding hydrogens is 1620 g/mol. The van der Waals surface area contributed by atoms with Crippen LogP contribution in [0.2, 0.25) is 0 Å². The fourth-order valence-electron chi connectivity index (χ4n) is 9.77. The fraction of sp³-hybridized carbons (Fsp3) is 0.463. The molecule has 8 aliphatic heterocycles. The third-order valence-corrected chi connectivity index (χ3v) is 17.3. The first-order valence-electron chi connectivity index (χ1n) is 38.3. The number of nitrogens with zero attached hydrogens (tertiary/aromatic N) is 15. The molecule has 8 aliphatic rings. The summed E-state index contributed by atoms with van der Waals surface area (Å²) < 4.78 is 29.4. The molecule has 0 aliphatic carbocycles. The SMILES string of the molecule is C=C1C=C(C)N(C(C)C)C(=O)N1.C=C1C=CN(C(C)C)C(=O)N1.C=C1C=NN(C(C)C)C(=O)N1.C=C1NC(=O)N(C(C)C)C=C1Br.C=C1NC(=O)N(C(C)C)C=C1F.C=C1NC(=O)N(C(C)C)N=C1C.C=C1NC(=S)N(C(C)C)N=C1C.CC(=O)CC1C=CN(C(C)C)C(=O)N1.Cc1ccn(C(C)C)c(=O)n1.Cc1nc(=O)n(C(C)C)cc1F. The van der Waals surface area contributed by atoms with E-state index in [0.717, 1.165) is 39.2 Å². The first kappa shape index (κ1) is 105. The number of allylic oxidation sites excluding steroid dienone is 8. The Balaban J connectivity index is 0.000000662. The van der Waals surface area contributed by atoms with Crippen molar-refractivity contribution in [2.75, 3.05) is 0 Å². The molecule has 8 N–H and O–H groups in total. The molecule has 10 heterocycles. The van der Waals surface area contributed by atoms with E-state index in [0.29, 0.717) is 40.0 Å². The summed E-state index contributed by atoms with van der Waals surface area (Å²) in [7, 11) is 0. The van der Waals surface area contributed by atoms with Gasteiger partial charge in [0, 0.05) is 115 Å². The molecule has 0 radical (unpaired) electrons. The number of thiocarbonyl (C=S) groups is 1. The minimum Gasteiger partial charge on any atom is -0.331 e. The number of hydrogen-bond acceptors (Lipinski definition) is 16. The molecule has 1 atom stereocenters. The van der Waals surface area contributed by atoms with Crippen molar-refractivity contribution in [3.63, 3.8) is 0 Å². The van der Waals surface area contributed by atoms with E-state index in [9.17, 15) is 56.7 Å². The maximum Gasteiger partial charge on any atom is 0.348 e. The molecule has 0 saturated heterocycles. The lowest BCUT2D eigenvalue weighted by Gasteiger charge is -2.31. The van der Waals surface area contributed by atoms with Gasteiger partial charge in [0.15, 0.2) is 16.8 Å². The van der Waals surface area contributed by atoms with Crippen LogP contribution in [-0.2, 0) is 4.79 Å². The molecule has 0 bridgehead atoms. The van der Waals surface area contributed by atoms with Crippen LogP contribution < -0.4 is 53.9 Å². The van der Waals surface area contributed by atoms with Gasteiger partial charge in [-0.2, -0.15) is 25.3 Å². The predicted molar refractivity (Wildman–Crippen MR) is 474 cm³/mol. The number of hydrazone groups is 3. The summed E-state index contributed by atoms with van der Waals surface area (Å²) in [6, 6.07) is 1.69. The standard InChI is InChI=1S/C10H16N2O2.C9H14N2O.C8H11BrN2O.2C8H11FN2O.C8H13N3O.C8H13N3S.2C8H12N2O.C7H11N3O/c1-7(2)12-5-4-9(6-8(3)13)11-10(12)14;1-6(2)11-8(4)5-7(3)10-9(11)12;3*1-5(2)11-4-7(9)6(3)10-8(11)12;2*1-5(2)11-8(12)9-6(3)7(4)10-11;2*1-6(2)10-5-4-7(3)9-8(10)11;1-5(2)10-7(11)9-6(3)4-8-10/h4-5,7,9H,6H2,1-3H3,(H,11,14);5-6H,3H2,1-2,4H3,(H,10,12);4-5H,3H2,1-2H3,(H,10,12);4-5H,1-3H3;4-5H,3H2,1-2H3,(H,10,12);2*5H,3H2,1-2,4H3,(H,9,12);4-6H,1-3H3;4-6H,3H2,1-2H3,(H,9,11);4-5H,3H2,1-2H3,(H,9,11). The number of nitrogens with one attached hydrogen (secondary N) is 8. The van der Waals surface area contributed by atoms with Gasteiger partial charge in [0.05, 0.1) is 74.4 Å². The molecule has 2 aromatic rings. The summed E-state index contributed by atoms with van der Waals surface area (Å²) >= 11 is 8.38. The minimum atomic E-state index is -0.497. The van der Waals surface area contributed by atoms with Crippen molar-refractivity contribution in [1.82, 2.24) is 101 Å². The van der Waals surface area contributed by atoms with Crippen LogP contribution in [0.5, 0.6) is 0 Å². The van der Waals surface area contributed by atoms with Crippen LogP contribution in [0.3, 0.4) is 0 Å². The van der Waals surface area contributed by atoms with E-state index in [1.807, 2.05) is 157 Å². The van der Waals surface area contributed by atoms with Gasteiger partial charge >= 0.3 is 53.6 Å². The summed E-state index contributed by atoms with van der Waals surface area (Å²) in [6.07, 6.45) is 16.7. The molecule has 10 rings (SSSR count). The minimum absolute atomic E-state index is 0.0249. The average Bonchev–Trinajstić information content (AvgIpc) is 0.856. The molecule has 0 fully saturated rings. The maximum atomic E-state index is 12.9. The Morgan fingerprint density at radius 1 is 0.487 bits per heavy atom. The van der Waals surface area contributed by atoms with Crippen molar-refractivity contribution in [1.29, 1.82) is 0 Å². The second kappa shape index (κ2) is 49.5. The van der Waals surface area contributed by atoms with Crippen molar-refractivity contribution in [3.05, 3.63) is 202 Å². The van der Waals surface area contributed by atoms with Crippen molar-refractivity contribution in [3.8, 4) is 0 Å². The molecule has 654 valence electrons. The van der Waals surface area contributed by atoms with Gasteiger partial charge in [0.1, 0.15) is 5.78 Å². The largest absolute Gasteiger partial charge is 0.348 e. The van der Waals surface area contributed by atoms with Gasteiger partial charge in [-0.1, -0.05) is 46.1 Å². The van der Waals surface area contributed by atoms with Crippen molar-refractivity contribution >= 4 is 98.9 Å². The van der Waals surface area contributed by atoms with Gasteiger partial charge in [-0.05, 0) is 232 Å². The van der Waals surface area contributed by atoms with E-state index in [2.05, 4.69) is 130 Å². The van der Waals surface area contributed by atoms with Crippen molar-refractivity contribution < 1.29 is 47.1 Å². The number of ketones is 1. The van der Waals surface area contributed by atoms with Crippen LogP contribution in [-0.4, -0.2) is 184 Å². The van der Waals surface area contributed by atoms with Gasteiger partial charge in [-0.25, -0.2) is 67.0 Å². The Morgan fingerprint density at radius 3 is 1.39 bits per heavy atom. The molecule has 2 aromatic heterocycles. The normalized spacial score (nSPS) is 16.9. The molecule has 0 saturated carbocycles. The average molecular weight is 1740 g/mol. The summed E-state index contributed by atoms with van der Waals surface area (Å²) in [5.74, 6) is -0.857. The molecule has 33 nitrogen and oxygen atoms in total. The van der Waals surface area contributed by atoms with Gasteiger partial charge < -0.3 is 42.5 Å². The number of Topliss-reactive ketones (excluding diaryl/α,β-unsaturated/α-hetero) is 1. The molecule has 0 spiro atoms. The Hall–Kier alpha value is -11.8. The van der Waals surface area contributed by atoms with E-state index in [-0.39, 0.29) is 132 Å². The van der Waals surface area contributed by atoms with Crippen LogP contribution in [0, 0.1) is 19.7 Å². The van der Waals surface area contributed by atoms with Gasteiger partial charge in [0.2, 0.25) is 0 Å². The first-order chi connectivity index (χ1) is 54.9. The van der Waals surface area contributed by atoms with E-state index in [1.54, 1.807) is 87.7 Å². The summed E-state index contributed by atoms with van der Waals surface area (Å²) in [6.45, 7) is 74.2. The molecule has 0 aromatic carbocycles. The summed E-state index contributed by atoms with van der Waals surface area (Å²) in [5, 5.41) is 38.6. The van der Waals surface area contributed by atoms with E-state index >= 15 is 0 Å². The van der Waals surface area contributed by atoms with Crippen LogP contribution in [0.15, 0.2) is 188 Å². The smallest absolute Gasteiger partial charge is 0.331 e. The second-order valence-corrected chi connectivity index (χ2v) is 31.3. The topological polar surface area (TPSA) is 366 Å². The Bertz CT molecular complexity index is 4220. The number of amides is 14. The lowest BCUT2D eigenvalue weighted by atomic mass is 10.1. The van der Waals surface area contributed by atoms with Gasteiger partial charge in [0.25, 0.3) is 0 Å². The quantitative estimate of drug-likeness (QED) is 0.0916. The lowest BCUT2D eigenvalue weighted by Crippen LogP contribution is -2.48. The molecular formula is C82H124BrF2N23O10S. The highest BCUT2D eigenvalue weighted by Crippen LogP contribution is 2.22. The molecule has 119 heavy (non-hydrogen) atoms. The highest BCUT2D eigenvalue weighted by molar-refractivity contribution is 9.12. The number of hydrogen-bond donors (Lipinski definition) is 8. The zero-order valence-corrected chi connectivity index (χ0v) is 76.1. The van der Waals surface area contributed by atoms with E-state index < -0.39 is 17.3 Å². The number of aromatic nitrogens is 4.